The van der Waals surface area contributed by atoms with Crippen molar-refractivity contribution in [2.45, 2.75) is 12.8 Å². The van der Waals surface area contributed by atoms with Crippen LogP contribution in [0.5, 0.6) is 0 Å². The fraction of sp³-hybridized carbons (Fsp3) is 0.571. The molecule has 0 aliphatic heterocycles. The van der Waals surface area contributed by atoms with Gasteiger partial charge in [-0.05, 0) is 18.4 Å². The number of nitrogens with one attached hydrogen (secondary N) is 1. The standard InChI is InChI=1S/C7H14N4/c1-11-6-7(5-10-11)3-2-4-9-8/h5-6,9H,2-4,8H2,1H3. The fourth-order valence-electron chi connectivity index (χ4n) is 0.996. The van der Waals surface area contributed by atoms with Crippen molar-refractivity contribution in [2.75, 3.05) is 6.54 Å². The van der Waals surface area contributed by atoms with E-state index in [1.807, 2.05) is 24.1 Å². The second-order valence-corrected chi connectivity index (χ2v) is 2.58. The van der Waals surface area contributed by atoms with Crippen LogP contribution in [-0.2, 0) is 13.5 Å². The van der Waals surface area contributed by atoms with Gasteiger partial charge in [0.15, 0.2) is 0 Å². The van der Waals surface area contributed by atoms with Gasteiger partial charge in [0, 0.05) is 19.8 Å². The van der Waals surface area contributed by atoms with Crippen molar-refractivity contribution < 1.29 is 0 Å². The molecule has 0 aliphatic rings. The molecule has 0 saturated heterocycles. The van der Waals surface area contributed by atoms with Crippen LogP contribution in [0, 0.1) is 0 Å². The zero-order valence-corrected chi connectivity index (χ0v) is 6.75. The maximum absolute atomic E-state index is 5.13. The normalized spacial score (nSPS) is 10.4. The van der Waals surface area contributed by atoms with E-state index in [-0.39, 0.29) is 0 Å². The summed E-state index contributed by atoms with van der Waals surface area (Å²) >= 11 is 0. The Morgan fingerprint density at radius 3 is 3.09 bits per heavy atom. The van der Waals surface area contributed by atoms with Crippen LogP contribution in [0.4, 0.5) is 0 Å². The highest BCUT2D eigenvalue weighted by atomic mass is 15.2. The summed E-state index contributed by atoms with van der Waals surface area (Å²) in [5.74, 6) is 5.13. The van der Waals surface area contributed by atoms with E-state index in [4.69, 9.17) is 5.84 Å². The SMILES string of the molecule is Cn1cc(CCCNN)cn1. The zero-order valence-electron chi connectivity index (χ0n) is 6.75. The number of aryl methyl sites for hydroxylation is 2. The first kappa shape index (κ1) is 8.23. The van der Waals surface area contributed by atoms with Gasteiger partial charge in [-0.25, -0.2) is 0 Å². The third-order valence-electron chi connectivity index (χ3n) is 1.54. The molecular formula is C7H14N4. The molecule has 0 aliphatic carbocycles. The third-order valence-corrected chi connectivity index (χ3v) is 1.54. The molecule has 4 nitrogen and oxygen atoms in total. The van der Waals surface area contributed by atoms with E-state index in [0.29, 0.717) is 0 Å². The Balaban J connectivity index is 2.27. The summed E-state index contributed by atoms with van der Waals surface area (Å²) in [4.78, 5) is 0. The molecule has 0 fully saturated rings. The third kappa shape index (κ3) is 2.69. The van der Waals surface area contributed by atoms with Gasteiger partial charge in [0.05, 0.1) is 6.20 Å². The van der Waals surface area contributed by atoms with E-state index in [1.165, 1.54) is 5.56 Å². The van der Waals surface area contributed by atoms with Crippen LogP contribution in [0.25, 0.3) is 0 Å². The molecule has 1 aromatic rings. The Morgan fingerprint density at radius 1 is 1.73 bits per heavy atom. The molecule has 0 amide bonds. The minimum atomic E-state index is 0.856. The van der Waals surface area contributed by atoms with Crippen molar-refractivity contribution in [1.29, 1.82) is 0 Å². The predicted molar refractivity (Wildman–Crippen MR) is 43.7 cm³/mol. The summed E-state index contributed by atoms with van der Waals surface area (Å²) in [5.41, 5.74) is 3.88. The van der Waals surface area contributed by atoms with Gasteiger partial charge in [-0.15, -0.1) is 0 Å². The second kappa shape index (κ2) is 4.10. The van der Waals surface area contributed by atoms with Crippen molar-refractivity contribution >= 4 is 0 Å². The summed E-state index contributed by atoms with van der Waals surface area (Å²) in [7, 11) is 1.92. The summed E-state index contributed by atoms with van der Waals surface area (Å²) in [6.45, 7) is 0.856. The summed E-state index contributed by atoms with van der Waals surface area (Å²) in [6.07, 6.45) is 6.01. The van der Waals surface area contributed by atoms with Crippen LogP contribution >= 0.6 is 0 Å². The minimum absolute atomic E-state index is 0.856. The molecule has 4 heteroatoms. The highest BCUT2D eigenvalue weighted by molar-refractivity contribution is 5.03. The number of nitrogens with two attached hydrogens (primary N) is 1. The van der Waals surface area contributed by atoms with Gasteiger partial charge in [0.25, 0.3) is 0 Å². The summed E-state index contributed by atoms with van der Waals surface area (Å²) in [5, 5.41) is 4.06. The van der Waals surface area contributed by atoms with Gasteiger partial charge >= 0.3 is 0 Å². The molecular weight excluding hydrogens is 140 g/mol. The average Bonchev–Trinajstić information content (AvgIpc) is 2.37. The molecule has 0 atom stereocenters. The monoisotopic (exact) mass is 154 g/mol. The van der Waals surface area contributed by atoms with Crippen molar-refractivity contribution in [3.8, 4) is 0 Å². The van der Waals surface area contributed by atoms with Gasteiger partial charge in [-0.3, -0.25) is 16.0 Å². The smallest absolute Gasteiger partial charge is 0.0521 e. The lowest BCUT2D eigenvalue weighted by molar-refractivity contribution is 0.679. The first-order valence-electron chi connectivity index (χ1n) is 3.74. The van der Waals surface area contributed by atoms with E-state index in [2.05, 4.69) is 10.5 Å². The fourth-order valence-corrected chi connectivity index (χ4v) is 0.996. The molecule has 1 aromatic heterocycles. The molecule has 3 N–H and O–H groups in total. The van der Waals surface area contributed by atoms with Gasteiger partial charge < -0.3 is 0 Å². The number of hydrogen-bond donors (Lipinski definition) is 2. The van der Waals surface area contributed by atoms with Crippen molar-refractivity contribution in [2.24, 2.45) is 12.9 Å². The Kier molecular flexibility index (Phi) is 3.07. The van der Waals surface area contributed by atoms with Crippen molar-refractivity contribution in [3.05, 3.63) is 18.0 Å². The lowest BCUT2D eigenvalue weighted by atomic mass is 10.2. The first-order chi connectivity index (χ1) is 5.33. The van der Waals surface area contributed by atoms with Crippen LogP contribution in [0.3, 0.4) is 0 Å². The lowest BCUT2D eigenvalue weighted by Crippen LogP contribution is -2.23. The summed E-state index contributed by atoms with van der Waals surface area (Å²) < 4.78 is 1.81. The predicted octanol–water partition coefficient (Wildman–Crippen LogP) is -0.184. The van der Waals surface area contributed by atoms with E-state index < -0.39 is 0 Å². The molecule has 62 valence electrons. The van der Waals surface area contributed by atoms with Crippen LogP contribution in [0.2, 0.25) is 0 Å². The Labute approximate surface area is 66.4 Å². The van der Waals surface area contributed by atoms with Crippen LogP contribution in [0.15, 0.2) is 12.4 Å². The maximum Gasteiger partial charge on any atom is 0.0521 e. The van der Waals surface area contributed by atoms with Crippen LogP contribution in [-0.4, -0.2) is 16.3 Å². The van der Waals surface area contributed by atoms with E-state index in [0.717, 1.165) is 19.4 Å². The molecule has 0 bridgehead atoms. The zero-order chi connectivity index (χ0) is 8.10. The first-order valence-corrected chi connectivity index (χ1v) is 3.74. The molecule has 11 heavy (non-hydrogen) atoms. The van der Waals surface area contributed by atoms with Crippen LogP contribution in [0.1, 0.15) is 12.0 Å². The van der Waals surface area contributed by atoms with E-state index >= 15 is 0 Å². The molecule has 0 aromatic carbocycles. The van der Waals surface area contributed by atoms with E-state index in [1.54, 1.807) is 0 Å². The Hall–Kier alpha value is -0.870. The maximum atomic E-state index is 5.13. The molecule has 0 spiro atoms. The Morgan fingerprint density at radius 2 is 2.55 bits per heavy atom. The largest absolute Gasteiger partial charge is 0.276 e. The van der Waals surface area contributed by atoms with E-state index in [9.17, 15) is 0 Å². The molecule has 0 saturated carbocycles. The number of rotatable bonds is 4. The minimum Gasteiger partial charge on any atom is -0.276 e. The van der Waals surface area contributed by atoms with Gasteiger partial charge in [0.1, 0.15) is 0 Å². The average molecular weight is 154 g/mol. The van der Waals surface area contributed by atoms with Gasteiger partial charge in [-0.1, -0.05) is 0 Å². The number of nitrogens with zero attached hydrogens (tertiary/aromatic N) is 2. The van der Waals surface area contributed by atoms with Crippen molar-refractivity contribution in [1.82, 2.24) is 15.2 Å². The molecule has 0 unspecified atom stereocenters. The lowest BCUT2D eigenvalue weighted by Gasteiger charge is -1.95. The topological polar surface area (TPSA) is 55.9 Å². The highest BCUT2D eigenvalue weighted by Gasteiger charge is 1.94. The second-order valence-electron chi connectivity index (χ2n) is 2.58. The van der Waals surface area contributed by atoms with Crippen LogP contribution < -0.4 is 11.3 Å². The molecule has 0 radical (unpaired) electrons. The molecule has 1 rings (SSSR count). The highest BCUT2D eigenvalue weighted by Crippen LogP contribution is 1.99. The quantitative estimate of drug-likeness (QED) is 0.359. The summed E-state index contributed by atoms with van der Waals surface area (Å²) in [6, 6.07) is 0. The molecule has 1 heterocycles. The number of hydrogen-bond acceptors (Lipinski definition) is 3. The number of hydrazine groups is 1. The van der Waals surface area contributed by atoms with Gasteiger partial charge in [0.2, 0.25) is 0 Å². The number of aromatic nitrogens is 2. The van der Waals surface area contributed by atoms with Gasteiger partial charge in [-0.2, -0.15) is 5.10 Å². The Bertz CT molecular complexity index is 206. The van der Waals surface area contributed by atoms with Crippen molar-refractivity contribution in [3.63, 3.8) is 0 Å².